The number of nitrogens with zero attached hydrogens (tertiary/aromatic N) is 1. The van der Waals surface area contributed by atoms with Crippen molar-refractivity contribution in [1.29, 1.82) is 5.26 Å². The zero-order chi connectivity index (χ0) is 12.1. The molecule has 1 aromatic carbocycles. The Morgan fingerprint density at radius 1 is 1.50 bits per heavy atom. The Bertz CT molecular complexity index is 393. The van der Waals surface area contributed by atoms with Crippen molar-refractivity contribution in [3.63, 3.8) is 0 Å². The fourth-order valence-electron chi connectivity index (χ4n) is 1.47. The van der Waals surface area contributed by atoms with Gasteiger partial charge in [0.2, 0.25) is 0 Å². The van der Waals surface area contributed by atoms with E-state index in [0.29, 0.717) is 6.42 Å². The minimum absolute atomic E-state index is 0.0909. The van der Waals surface area contributed by atoms with Crippen molar-refractivity contribution in [2.75, 3.05) is 0 Å². The summed E-state index contributed by atoms with van der Waals surface area (Å²) in [5.74, 6) is 0.725. The van der Waals surface area contributed by atoms with Gasteiger partial charge in [-0.25, -0.2) is 0 Å². The standard InChI is InChI=1S/C13H18N2O/c1-4-11(8-14)16-13-7-9(2)5-6-12(13)10(3)15/h5-7,10-11H,4,15H2,1-3H3/t10-,11?/m1/s1. The van der Waals surface area contributed by atoms with Crippen LogP contribution in [0.4, 0.5) is 0 Å². The van der Waals surface area contributed by atoms with E-state index in [-0.39, 0.29) is 6.04 Å². The molecule has 1 rings (SSSR count). The SMILES string of the molecule is CCC(C#N)Oc1cc(C)ccc1[C@@H](C)N. The lowest BCUT2D eigenvalue weighted by atomic mass is 10.1. The minimum atomic E-state index is -0.403. The molecule has 1 aromatic rings. The van der Waals surface area contributed by atoms with Crippen LogP contribution in [0.2, 0.25) is 0 Å². The number of hydrogen-bond acceptors (Lipinski definition) is 3. The highest BCUT2D eigenvalue weighted by Gasteiger charge is 2.12. The maximum Gasteiger partial charge on any atom is 0.184 e. The van der Waals surface area contributed by atoms with E-state index in [9.17, 15) is 0 Å². The van der Waals surface area contributed by atoms with E-state index in [4.69, 9.17) is 15.7 Å². The number of aryl methyl sites for hydroxylation is 1. The van der Waals surface area contributed by atoms with Crippen LogP contribution in [0.3, 0.4) is 0 Å². The fourth-order valence-corrected chi connectivity index (χ4v) is 1.47. The van der Waals surface area contributed by atoms with Crippen molar-refractivity contribution in [1.82, 2.24) is 0 Å². The van der Waals surface area contributed by atoms with E-state index >= 15 is 0 Å². The van der Waals surface area contributed by atoms with Crippen molar-refractivity contribution < 1.29 is 4.74 Å². The highest BCUT2D eigenvalue weighted by Crippen LogP contribution is 2.26. The van der Waals surface area contributed by atoms with Gasteiger partial charge in [-0.05, 0) is 31.9 Å². The summed E-state index contributed by atoms with van der Waals surface area (Å²) in [6.45, 7) is 5.82. The minimum Gasteiger partial charge on any atom is -0.475 e. The van der Waals surface area contributed by atoms with Crippen molar-refractivity contribution in [3.8, 4) is 11.8 Å². The zero-order valence-electron chi connectivity index (χ0n) is 10.0. The third-order valence-corrected chi connectivity index (χ3v) is 2.44. The molecule has 0 fully saturated rings. The third-order valence-electron chi connectivity index (χ3n) is 2.44. The Labute approximate surface area is 96.8 Å². The molecule has 1 unspecified atom stereocenters. The average molecular weight is 218 g/mol. The van der Waals surface area contributed by atoms with Gasteiger partial charge >= 0.3 is 0 Å². The largest absolute Gasteiger partial charge is 0.475 e. The molecule has 0 bridgehead atoms. The first-order valence-electron chi connectivity index (χ1n) is 5.50. The second-order valence-electron chi connectivity index (χ2n) is 3.97. The summed E-state index contributed by atoms with van der Waals surface area (Å²) in [7, 11) is 0. The summed E-state index contributed by atoms with van der Waals surface area (Å²) in [4.78, 5) is 0. The van der Waals surface area contributed by atoms with E-state index in [1.54, 1.807) is 0 Å². The molecular weight excluding hydrogens is 200 g/mol. The monoisotopic (exact) mass is 218 g/mol. The highest BCUT2D eigenvalue weighted by molar-refractivity contribution is 5.39. The molecule has 3 nitrogen and oxygen atoms in total. The lowest BCUT2D eigenvalue weighted by molar-refractivity contribution is 0.248. The Balaban J connectivity index is 3.01. The van der Waals surface area contributed by atoms with E-state index in [1.807, 2.05) is 39.0 Å². The van der Waals surface area contributed by atoms with Crippen LogP contribution in [0.5, 0.6) is 5.75 Å². The number of benzene rings is 1. The molecule has 86 valence electrons. The predicted molar refractivity (Wildman–Crippen MR) is 64.1 cm³/mol. The van der Waals surface area contributed by atoms with E-state index in [1.165, 1.54) is 0 Å². The molecule has 0 radical (unpaired) electrons. The van der Waals surface area contributed by atoms with Gasteiger partial charge in [0.1, 0.15) is 11.8 Å². The summed E-state index contributed by atoms with van der Waals surface area (Å²) < 4.78 is 5.64. The molecule has 0 spiro atoms. The Kier molecular flexibility index (Phi) is 4.33. The quantitative estimate of drug-likeness (QED) is 0.845. The normalized spacial score (nSPS) is 13.9. The zero-order valence-corrected chi connectivity index (χ0v) is 10.0. The maximum absolute atomic E-state index is 8.88. The van der Waals surface area contributed by atoms with Gasteiger partial charge in [0.05, 0.1) is 0 Å². The van der Waals surface area contributed by atoms with Crippen LogP contribution in [0.15, 0.2) is 18.2 Å². The van der Waals surface area contributed by atoms with Gasteiger partial charge in [0, 0.05) is 11.6 Å². The van der Waals surface area contributed by atoms with Crippen molar-refractivity contribution in [2.24, 2.45) is 5.73 Å². The first kappa shape index (κ1) is 12.5. The summed E-state index contributed by atoms with van der Waals surface area (Å²) in [6, 6.07) is 7.92. The number of hydrogen-bond donors (Lipinski definition) is 1. The van der Waals surface area contributed by atoms with Crippen molar-refractivity contribution in [3.05, 3.63) is 29.3 Å². The van der Waals surface area contributed by atoms with Gasteiger partial charge in [0.25, 0.3) is 0 Å². The van der Waals surface area contributed by atoms with Crippen LogP contribution in [0.1, 0.15) is 37.4 Å². The molecule has 0 saturated heterocycles. The summed E-state index contributed by atoms with van der Waals surface area (Å²) >= 11 is 0. The molecule has 0 aliphatic rings. The van der Waals surface area contributed by atoms with Crippen LogP contribution in [0, 0.1) is 18.3 Å². The second kappa shape index (κ2) is 5.53. The number of nitriles is 1. The summed E-state index contributed by atoms with van der Waals surface area (Å²) in [5.41, 5.74) is 7.91. The average Bonchev–Trinajstić information content (AvgIpc) is 2.25. The lowest BCUT2D eigenvalue weighted by Gasteiger charge is -2.17. The Morgan fingerprint density at radius 2 is 2.19 bits per heavy atom. The molecule has 3 heteroatoms. The Morgan fingerprint density at radius 3 is 2.69 bits per heavy atom. The van der Waals surface area contributed by atoms with Crippen LogP contribution < -0.4 is 10.5 Å². The molecule has 0 heterocycles. The third kappa shape index (κ3) is 2.98. The lowest BCUT2D eigenvalue weighted by Crippen LogP contribution is -2.15. The second-order valence-corrected chi connectivity index (χ2v) is 3.97. The molecule has 0 aromatic heterocycles. The van der Waals surface area contributed by atoms with Gasteiger partial charge in [0.15, 0.2) is 6.10 Å². The van der Waals surface area contributed by atoms with Crippen LogP contribution in [-0.4, -0.2) is 6.10 Å². The molecule has 0 amide bonds. The van der Waals surface area contributed by atoms with Gasteiger partial charge in [-0.1, -0.05) is 19.1 Å². The van der Waals surface area contributed by atoms with Crippen molar-refractivity contribution >= 4 is 0 Å². The predicted octanol–water partition coefficient (Wildman–Crippen LogP) is 2.70. The smallest absolute Gasteiger partial charge is 0.184 e. The van der Waals surface area contributed by atoms with E-state index in [0.717, 1.165) is 16.9 Å². The van der Waals surface area contributed by atoms with Crippen LogP contribution >= 0.6 is 0 Å². The van der Waals surface area contributed by atoms with Crippen LogP contribution in [-0.2, 0) is 0 Å². The Hall–Kier alpha value is -1.53. The maximum atomic E-state index is 8.88. The highest BCUT2D eigenvalue weighted by atomic mass is 16.5. The summed E-state index contributed by atoms with van der Waals surface area (Å²) in [5, 5.41) is 8.88. The molecule has 0 aliphatic heterocycles. The molecule has 2 N–H and O–H groups in total. The number of rotatable bonds is 4. The topological polar surface area (TPSA) is 59.0 Å². The van der Waals surface area contributed by atoms with Gasteiger partial charge < -0.3 is 10.5 Å². The molecular formula is C13H18N2O. The number of ether oxygens (including phenoxy) is 1. The molecule has 16 heavy (non-hydrogen) atoms. The number of nitrogens with two attached hydrogens (primary N) is 1. The molecule has 0 aliphatic carbocycles. The van der Waals surface area contributed by atoms with E-state index < -0.39 is 6.10 Å². The summed E-state index contributed by atoms with van der Waals surface area (Å²) in [6.07, 6.45) is 0.266. The fraction of sp³-hybridized carbons (Fsp3) is 0.462. The molecule has 0 saturated carbocycles. The van der Waals surface area contributed by atoms with Crippen molar-refractivity contribution in [2.45, 2.75) is 39.3 Å². The first-order valence-corrected chi connectivity index (χ1v) is 5.50. The molecule has 2 atom stereocenters. The first-order chi connectivity index (χ1) is 7.58. The van der Waals surface area contributed by atoms with E-state index in [2.05, 4.69) is 6.07 Å². The van der Waals surface area contributed by atoms with Crippen LogP contribution in [0.25, 0.3) is 0 Å². The van der Waals surface area contributed by atoms with Gasteiger partial charge in [-0.2, -0.15) is 5.26 Å². The van der Waals surface area contributed by atoms with Gasteiger partial charge in [-0.3, -0.25) is 0 Å². The van der Waals surface area contributed by atoms with Gasteiger partial charge in [-0.15, -0.1) is 0 Å².